The summed E-state index contributed by atoms with van der Waals surface area (Å²) in [4.78, 5) is 27.6. The zero-order valence-corrected chi connectivity index (χ0v) is 15.4. The second-order valence-corrected chi connectivity index (χ2v) is 7.52. The van der Waals surface area contributed by atoms with E-state index < -0.39 is 17.3 Å². The Morgan fingerprint density at radius 3 is 2.29 bits per heavy atom. The third-order valence-electron chi connectivity index (χ3n) is 6.01. The Labute approximate surface area is 163 Å². The Bertz CT molecular complexity index is 929. The summed E-state index contributed by atoms with van der Waals surface area (Å²) in [6.07, 6.45) is 1.45. The van der Waals surface area contributed by atoms with Crippen molar-refractivity contribution in [3.63, 3.8) is 0 Å². The van der Waals surface area contributed by atoms with E-state index in [0.29, 0.717) is 31.6 Å². The van der Waals surface area contributed by atoms with Crippen LogP contribution in [-0.2, 0) is 15.0 Å². The molecule has 4 rings (SSSR count). The summed E-state index contributed by atoms with van der Waals surface area (Å²) in [7, 11) is 0. The summed E-state index contributed by atoms with van der Waals surface area (Å²) < 4.78 is 13.2. The summed E-state index contributed by atoms with van der Waals surface area (Å²) in [6, 6.07) is 17.2. The van der Waals surface area contributed by atoms with Crippen molar-refractivity contribution in [2.24, 2.45) is 0 Å². The fraction of sp³-hybridized carbons (Fsp3) is 0.318. The molecule has 28 heavy (non-hydrogen) atoms. The first-order chi connectivity index (χ1) is 13.5. The molecule has 142 valence electrons. The zero-order valence-electron chi connectivity index (χ0n) is 15.4. The summed E-state index contributed by atoms with van der Waals surface area (Å²) in [5.74, 6) is -0.903. The number of rotatable bonds is 3. The lowest BCUT2D eigenvalue weighted by Gasteiger charge is -2.37. The summed E-state index contributed by atoms with van der Waals surface area (Å²) in [6.45, 7) is 1.31. The maximum Gasteiger partial charge on any atom is 0.292 e. The highest BCUT2D eigenvalue weighted by atomic mass is 19.1. The number of carbonyl (C=O) groups excluding carboxylic acids is 2. The van der Waals surface area contributed by atoms with Crippen molar-refractivity contribution in [2.75, 3.05) is 18.0 Å². The molecule has 2 fully saturated rings. The van der Waals surface area contributed by atoms with Crippen LogP contribution in [0.15, 0.2) is 54.6 Å². The van der Waals surface area contributed by atoms with Crippen molar-refractivity contribution < 1.29 is 18.9 Å². The van der Waals surface area contributed by atoms with E-state index in [1.807, 2.05) is 30.3 Å². The topological polar surface area (TPSA) is 65.6 Å². The van der Waals surface area contributed by atoms with Crippen molar-refractivity contribution >= 4 is 17.5 Å². The van der Waals surface area contributed by atoms with Crippen LogP contribution in [0, 0.1) is 17.1 Å². The summed E-state index contributed by atoms with van der Waals surface area (Å²) >= 11 is 0. The number of imide groups is 1. The van der Waals surface area contributed by atoms with Crippen LogP contribution >= 0.6 is 0 Å². The van der Waals surface area contributed by atoms with Crippen LogP contribution in [0.25, 0.3) is 0 Å². The predicted octanol–water partition coefficient (Wildman–Crippen LogP) is 1.60. The van der Waals surface area contributed by atoms with Crippen LogP contribution in [0.4, 0.5) is 10.1 Å². The maximum atomic E-state index is 13.2. The van der Waals surface area contributed by atoms with E-state index in [1.165, 1.54) is 29.2 Å². The molecule has 2 heterocycles. The van der Waals surface area contributed by atoms with Crippen LogP contribution in [0.3, 0.4) is 0 Å². The minimum absolute atomic E-state index is 0.149. The first-order valence-corrected chi connectivity index (χ1v) is 9.48. The van der Waals surface area contributed by atoms with Gasteiger partial charge in [0, 0.05) is 12.8 Å². The highest BCUT2D eigenvalue weighted by molar-refractivity contribution is 6.21. The van der Waals surface area contributed by atoms with Gasteiger partial charge in [-0.05, 0) is 29.8 Å². The van der Waals surface area contributed by atoms with E-state index in [9.17, 15) is 19.2 Å². The van der Waals surface area contributed by atoms with Gasteiger partial charge in [0.2, 0.25) is 5.91 Å². The van der Waals surface area contributed by atoms with Gasteiger partial charge in [0.05, 0.1) is 36.7 Å². The molecule has 0 unspecified atom stereocenters. The number of piperidine rings is 1. The molecule has 2 aromatic rings. The SMILES string of the molecule is N#CC1(c2ccccc2)CC[NH+]([C@@H]2CC(=O)N(c3ccc(F)cc3)C2=O)CC1. The molecule has 2 aromatic carbocycles. The number of nitrogens with one attached hydrogen (secondary N) is 1. The van der Waals surface area contributed by atoms with Crippen LogP contribution in [-0.4, -0.2) is 30.9 Å². The predicted molar refractivity (Wildman–Crippen MR) is 101 cm³/mol. The van der Waals surface area contributed by atoms with Crippen molar-refractivity contribution in [2.45, 2.75) is 30.7 Å². The van der Waals surface area contributed by atoms with Crippen LogP contribution in [0.1, 0.15) is 24.8 Å². The molecule has 0 radical (unpaired) electrons. The number of nitriles is 1. The number of nitrogens with zero attached hydrogens (tertiary/aromatic N) is 2. The van der Waals surface area contributed by atoms with Gasteiger partial charge in [0.15, 0.2) is 6.04 Å². The first kappa shape index (κ1) is 18.3. The number of hydrogen-bond acceptors (Lipinski definition) is 3. The molecular formula is C22H21FN3O2+. The standard InChI is InChI=1S/C22H20FN3O2/c23-17-6-8-18(9-7-17)26-20(27)14-19(21(26)28)25-12-10-22(15-24,11-13-25)16-4-2-1-3-5-16/h1-9,19H,10-14H2/p+1/t19-/m1/s1. The van der Waals surface area contributed by atoms with Gasteiger partial charge in [-0.25, -0.2) is 9.29 Å². The number of benzene rings is 2. The van der Waals surface area contributed by atoms with E-state index in [4.69, 9.17) is 0 Å². The molecule has 6 heteroatoms. The Morgan fingerprint density at radius 1 is 1.04 bits per heavy atom. The van der Waals surface area contributed by atoms with Gasteiger partial charge < -0.3 is 4.90 Å². The van der Waals surface area contributed by atoms with Crippen molar-refractivity contribution in [1.82, 2.24) is 0 Å². The molecule has 1 atom stereocenters. The van der Waals surface area contributed by atoms with Crippen LogP contribution in [0.5, 0.6) is 0 Å². The lowest BCUT2D eigenvalue weighted by molar-refractivity contribution is -0.920. The number of halogens is 1. The van der Waals surface area contributed by atoms with E-state index in [-0.39, 0.29) is 18.2 Å². The lowest BCUT2D eigenvalue weighted by Crippen LogP contribution is -3.18. The molecule has 2 amide bonds. The lowest BCUT2D eigenvalue weighted by atomic mass is 9.74. The van der Waals surface area contributed by atoms with Crippen molar-refractivity contribution in [3.05, 3.63) is 66.0 Å². The molecule has 2 aliphatic rings. The van der Waals surface area contributed by atoms with E-state index in [2.05, 4.69) is 6.07 Å². The minimum atomic E-state index is -0.535. The largest absolute Gasteiger partial charge is 0.324 e. The third kappa shape index (κ3) is 3.08. The zero-order chi connectivity index (χ0) is 19.7. The second kappa shape index (κ2) is 7.17. The highest BCUT2D eigenvalue weighted by Gasteiger charge is 2.49. The molecular weight excluding hydrogens is 357 g/mol. The van der Waals surface area contributed by atoms with Crippen molar-refractivity contribution in [1.29, 1.82) is 5.26 Å². The quantitative estimate of drug-likeness (QED) is 0.825. The van der Waals surface area contributed by atoms with Gasteiger partial charge in [0.1, 0.15) is 5.82 Å². The third-order valence-corrected chi connectivity index (χ3v) is 6.01. The molecule has 0 saturated carbocycles. The number of likely N-dealkylation sites (tertiary alicyclic amines) is 1. The molecule has 1 N–H and O–H groups in total. The number of carbonyl (C=O) groups is 2. The minimum Gasteiger partial charge on any atom is -0.324 e. The van der Waals surface area contributed by atoms with Crippen LogP contribution in [0.2, 0.25) is 0 Å². The van der Waals surface area contributed by atoms with Gasteiger partial charge in [-0.3, -0.25) is 9.59 Å². The molecule has 2 aliphatic heterocycles. The fourth-order valence-corrected chi connectivity index (χ4v) is 4.38. The monoisotopic (exact) mass is 378 g/mol. The van der Waals surface area contributed by atoms with Crippen LogP contribution < -0.4 is 9.80 Å². The molecule has 0 aromatic heterocycles. The Balaban J connectivity index is 1.49. The van der Waals surface area contributed by atoms with Crippen molar-refractivity contribution in [3.8, 4) is 6.07 Å². The molecule has 0 spiro atoms. The second-order valence-electron chi connectivity index (χ2n) is 7.52. The Kier molecular flexibility index (Phi) is 4.70. The highest BCUT2D eigenvalue weighted by Crippen LogP contribution is 2.32. The van der Waals surface area contributed by atoms with Gasteiger partial charge in [0.25, 0.3) is 5.91 Å². The van der Waals surface area contributed by atoms with E-state index in [1.54, 1.807) is 0 Å². The van der Waals surface area contributed by atoms with E-state index in [0.717, 1.165) is 10.5 Å². The van der Waals surface area contributed by atoms with Gasteiger partial charge in [-0.15, -0.1) is 0 Å². The smallest absolute Gasteiger partial charge is 0.292 e. The average Bonchev–Trinajstić information content (AvgIpc) is 3.03. The van der Waals surface area contributed by atoms with Gasteiger partial charge >= 0.3 is 0 Å². The number of quaternary nitrogens is 1. The Morgan fingerprint density at radius 2 is 1.68 bits per heavy atom. The molecule has 0 bridgehead atoms. The normalized spacial score (nSPS) is 27.6. The number of amides is 2. The fourth-order valence-electron chi connectivity index (χ4n) is 4.38. The average molecular weight is 378 g/mol. The molecule has 2 saturated heterocycles. The summed E-state index contributed by atoms with van der Waals surface area (Å²) in [5, 5.41) is 9.83. The number of hydrogen-bond donors (Lipinski definition) is 1. The summed E-state index contributed by atoms with van der Waals surface area (Å²) in [5.41, 5.74) is 0.886. The first-order valence-electron chi connectivity index (χ1n) is 9.48. The van der Waals surface area contributed by atoms with Gasteiger partial charge in [-0.2, -0.15) is 5.26 Å². The maximum absolute atomic E-state index is 13.2. The number of anilines is 1. The molecule has 0 aliphatic carbocycles. The molecule has 5 nitrogen and oxygen atoms in total. The van der Waals surface area contributed by atoms with Gasteiger partial charge in [-0.1, -0.05) is 30.3 Å². The Hall–Kier alpha value is -3.04. The van der Waals surface area contributed by atoms with E-state index >= 15 is 0 Å².